The van der Waals surface area contributed by atoms with E-state index >= 15 is 0 Å². The highest BCUT2D eigenvalue weighted by Crippen LogP contribution is 2.34. The number of amides is 1. The molecule has 0 aliphatic heterocycles. The summed E-state index contributed by atoms with van der Waals surface area (Å²) >= 11 is 0. The number of carbonyl (C=O) groups is 1. The molecule has 1 atom stereocenters. The average Bonchev–Trinajstić information content (AvgIpc) is 3.29. The van der Waals surface area contributed by atoms with Crippen molar-refractivity contribution in [2.24, 2.45) is 0 Å². The summed E-state index contributed by atoms with van der Waals surface area (Å²) in [5.74, 6) is 0.668. The summed E-state index contributed by atoms with van der Waals surface area (Å²) in [5.41, 5.74) is 0. The van der Waals surface area contributed by atoms with Gasteiger partial charge in [-0.2, -0.15) is 0 Å². The van der Waals surface area contributed by atoms with Crippen LogP contribution in [0, 0.1) is 0 Å². The van der Waals surface area contributed by atoms with Gasteiger partial charge in [-0.15, -0.1) is 5.10 Å². The second-order valence-corrected chi connectivity index (χ2v) is 6.28. The van der Waals surface area contributed by atoms with Gasteiger partial charge in [0, 0.05) is 0 Å². The van der Waals surface area contributed by atoms with E-state index in [0.29, 0.717) is 19.0 Å². The minimum Gasteiger partial charge on any atom is -0.365 e. The second-order valence-electron chi connectivity index (χ2n) is 6.28. The first-order valence-corrected chi connectivity index (χ1v) is 8.48. The molecule has 2 saturated carbocycles. The molecule has 1 unspecified atom stereocenters. The van der Waals surface area contributed by atoms with Crippen molar-refractivity contribution in [2.45, 2.75) is 83.1 Å². The molecule has 2 fully saturated rings. The summed E-state index contributed by atoms with van der Waals surface area (Å²) < 4.78 is 7.81. The maximum absolute atomic E-state index is 12.3. The zero-order chi connectivity index (χ0) is 15.4. The molecule has 0 saturated heterocycles. The van der Waals surface area contributed by atoms with Crippen LogP contribution in [-0.4, -0.2) is 38.3 Å². The monoisotopic (exact) mass is 307 g/mol. The zero-order valence-electron chi connectivity index (χ0n) is 13.2. The minimum absolute atomic E-state index is 0.0570. The molecule has 0 bridgehead atoms. The Hall–Kier alpha value is -1.50. The molecule has 2 aliphatic rings. The molecule has 22 heavy (non-hydrogen) atoms. The van der Waals surface area contributed by atoms with E-state index in [-0.39, 0.29) is 18.1 Å². The fourth-order valence-electron chi connectivity index (χ4n) is 2.99. The molecule has 2 aliphatic carbocycles. The quantitative estimate of drug-likeness (QED) is 0.830. The molecule has 122 valence electrons. The number of hydrogen-bond donors (Lipinski definition) is 1. The second kappa shape index (κ2) is 7.17. The molecule has 7 heteroatoms. The predicted molar refractivity (Wildman–Crippen MR) is 80.0 cm³/mol. The molecule has 3 rings (SSSR count). The normalized spacial score (nSPS) is 20.8. The van der Waals surface area contributed by atoms with Gasteiger partial charge in [-0.1, -0.05) is 26.2 Å². The van der Waals surface area contributed by atoms with E-state index < -0.39 is 0 Å². The first kappa shape index (κ1) is 15.4. The fourth-order valence-corrected chi connectivity index (χ4v) is 2.99. The van der Waals surface area contributed by atoms with E-state index in [1.807, 2.05) is 11.6 Å². The number of carbonyl (C=O) groups excluding carboxylic acids is 1. The molecular formula is C15H25N5O2. The van der Waals surface area contributed by atoms with Gasteiger partial charge in [0.25, 0.3) is 0 Å². The fraction of sp³-hybridized carbons (Fsp3) is 0.867. The maximum Gasteiger partial charge on any atom is 0.249 e. The number of hydrogen-bond acceptors (Lipinski definition) is 5. The van der Waals surface area contributed by atoms with Crippen LogP contribution in [0.5, 0.6) is 0 Å². The third kappa shape index (κ3) is 3.82. The Balaban J connectivity index is 1.49. The third-order valence-electron chi connectivity index (χ3n) is 4.45. The van der Waals surface area contributed by atoms with Crippen molar-refractivity contribution >= 4 is 5.91 Å². The molecule has 1 aromatic rings. The van der Waals surface area contributed by atoms with Crippen molar-refractivity contribution < 1.29 is 9.53 Å². The average molecular weight is 307 g/mol. The van der Waals surface area contributed by atoms with Crippen molar-refractivity contribution in [1.29, 1.82) is 0 Å². The van der Waals surface area contributed by atoms with Crippen LogP contribution in [0.15, 0.2) is 0 Å². The molecule has 0 spiro atoms. The van der Waals surface area contributed by atoms with Gasteiger partial charge in [-0.3, -0.25) is 4.79 Å². The van der Waals surface area contributed by atoms with Crippen molar-refractivity contribution in [3.05, 3.63) is 5.82 Å². The van der Waals surface area contributed by atoms with Gasteiger partial charge in [-0.05, 0) is 42.5 Å². The van der Waals surface area contributed by atoms with E-state index in [2.05, 4.69) is 20.8 Å². The number of nitrogens with one attached hydrogen (secondary N) is 1. The molecule has 1 N–H and O–H groups in total. The predicted octanol–water partition coefficient (Wildman–Crippen LogP) is 1.75. The van der Waals surface area contributed by atoms with Crippen molar-refractivity contribution in [2.75, 3.05) is 0 Å². The van der Waals surface area contributed by atoms with E-state index in [0.717, 1.165) is 31.5 Å². The van der Waals surface area contributed by atoms with Crippen LogP contribution in [-0.2, 0) is 16.1 Å². The summed E-state index contributed by atoms with van der Waals surface area (Å²) in [4.78, 5) is 12.3. The summed E-state index contributed by atoms with van der Waals surface area (Å²) in [6.07, 6.45) is 8.64. The third-order valence-corrected chi connectivity index (χ3v) is 4.45. The van der Waals surface area contributed by atoms with E-state index in [1.54, 1.807) is 0 Å². The van der Waals surface area contributed by atoms with Crippen LogP contribution in [0.25, 0.3) is 0 Å². The number of nitrogens with zero attached hydrogens (tertiary/aromatic N) is 4. The molecule has 0 aromatic carbocycles. The molecule has 7 nitrogen and oxygen atoms in total. The minimum atomic E-state index is -0.367. The van der Waals surface area contributed by atoms with Gasteiger partial charge in [0.05, 0.1) is 18.7 Å². The number of aromatic nitrogens is 4. The number of rotatable bonds is 7. The lowest BCUT2D eigenvalue weighted by Gasteiger charge is -2.26. The van der Waals surface area contributed by atoms with Crippen LogP contribution in [0.1, 0.15) is 70.2 Å². The highest BCUT2D eigenvalue weighted by Gasteiger charge is 2.28. The Morgan fingerprint density at radius 1 is 1.32 bits per heavy atom. The van der Waals surface area contributed by atoms with E-state index in [9.17, 15) is 4.79 Å². The molecular weight excluding hydrogens is 282 g/mol. The summed E-state index contributed by atoms with van der Waals surface area (Å²) in [5, 5.41) is 14.6. The summed E-state index contributed by atoms with van der Waals surface area (Å²) in [6, 6.07) is 0.419. The Morgan fingerprint density at radius 2 is 2.09 bits per heavy atom. The van der Waals surface area contributed by atoms with Crippen LogP contribution < -0.4 is 5.32 Å². The van der Waals surface area contributed by atoms with E-state index in [4.69, 9.17) is 4.74 Å². The highest BCUT2D eigenvalue weighted by atomic mass is 16.5. The molecule has 1 heterocycles. The van der Waals surface area contributed by atoms with Gasteiger partial charge >= 0.3 is 0 Å². The van der Waals surface area contributed by atoms with Gasteiger partial charge in [0.2, 0.25) is 5.91 Å². The highest BCUT2D eigenvalue weighted by molar-refractivity contribution is 5.80. The Kier molecular flexibility index (Phi) is 5.02. The SMILES string of the molecule is CCC(OC1CCCCC1)C(=O)NCc1nnnn1C1CC1. The van der Waals surface area contributed by atoms with Gasteiger partial charge < -0.3 is 10.1 Å². The Labute approximate surface area is 130 Å². The van der Waals surface area contributed by atoms with Crippen molar-refractivity contribution in [3.63, 3.8) is 0 Å². The zero-order valence-corrected chi connectivity index (χ0v) is 13.2. The Bertz CT molecular complexity index is 494. The lowest BCUT2D eigenvalue weighted by molar-refractivity contribution is -0.138. The Morgan fingerprint density at radius 3 is 2.77 bits per heavy atom. The smallest absolute Gasteiger partial charge is 0.249 e. The van der Waals surface area contributed by atoms with Crippen LogP contribution in [0.4, 0.5) is 0 Å². The van der Waals surface area contributed by atoms with Gasteiger partial charge in [0.1, 0.15) is 6.10 Å². The molecule has 1 aromatic heterocycles. The number of tetrazole rings is 1. The van der Waals surface area contributed by atoms with E-state index in [1.165, 1.54) is 19.3 Å². The topological polar surface area (TPSA) is 81.9 Å². The van der Waals surface area contributed by atoms with Crippen molar-refractivity contribution in [3.8, 4) is 0 Å². The van der Waals surface area contributed by atoms with Crippen LogP contribution >= 0.6 is 0 Å². The van der Waals surface area contributed by atoms with Crippen LogP contribution in [0.3, 0.4) is 0 Å². The summed E-state index contributed by atoms with van der Waals surface area (Å²) in [6.45, 7) is 2.36. The van der Waals surface area contributed by atoms with Crippen LogP contribution in [0.2, 0.25) is 0 Å². The lowest BCUT2D eigenvalue weighted by Crippen LogP contribution is -2.39. The van der Waals surface area contributed by atoms with Gasteiger partial charge in [-0.25, -0.2) is 4.68 Å². The summed E-state index contributed by atoms with van der Waals surface area (Å²) in [7, 11) is 0. The first-order chi connectivity index (χ1) is 10.8. The maximum atomic E-state index is 12.3. The standard InChI is InChI=1S/C15H25N5O2/c1-2-13(22-12-6-4-3-5-7-12)15(21)16-10-14-17-18-19-20(14)11-8-9-11/h11-13H,2-10H2,1H3,(H,16,21). The van der Waals surface area contributed by atoms with Gasteiger partial charge in [0.15, 0.2) is 5.82 Å². The first-order valence-electron chi connectivity index (χ1n) is 8.48. The number of ether oxygens (including phenoxy) is 1. The largest absolute Gasteiger partial charge is 0.365 e. The molecule has 1 amide bonds. The van der Waals surface area contributed by atoms with Crippen molar-refractivity contribution in [1.82, 2.24) is 25.5 Å². The lowest BCUT2D eigenvalue weighted by atomic mass is 9.97. The molecule has 0 radical (unpaired) electrons.